The van der Waals surface area contributed by atoms with Gasteiger partial charge in [-0.15, -0.1) is 11.3 Å². The van der Waals surface area contributed by atoms with Crippen LogP contribution in [0.3, 0.4) is 0 Å². The van der Waals surface area contributed by atoms with E-state index in [1.165, 1.54) is 18.3 Å². The fourth-order valence-corrected chi connectivity index (χ4v) is 2.30. The van der Waals surface area contributed by atoms with Crippen LogP contribution in [0, 0.1) is 0 Å². The molecule has 2 heterocycles. The second-order valence-corrected chi connectivity index (χ2v) is 4.92. The molecule has 2 amide bonds. The quantitative estimate of drug-likeness (QED) is 0.814. The summed E-state index contributed by atoms with van der Waals surface area (Å²) in [6.07, 6.45) is 2.39. The summed E-state index contributed by atoms with van der Waals surface area (Å²) >= 11 is 1.18. The monoisotopic (exact) mass is 285 g/mol. The Bertz CT molecular complexity index is 457. The van der Waals surface area contributed by atoms with Crippen LogP contribution in [0.2, 0.25) is 0 Å². The van der Waals surface area contributed by atoms with Gasteiger partial charge in [-0.2, -0.15) is 0 Å². The maximum Gasteiger partial charge on any atom is 0.294 e. The predicted octanol–water partition coefficient (Wildman–Crippen LogP) is 1.29. The van der Waals surface area contributed by atoms with Crippen molar-refractivity contribution in [3.05, 3.63) is 11.1 Å². The fourth-order valence-electron chi connectivity index (χ4n) is 1.56. The number of hydrogen-bond donors (Lipinski definition) is 2. The summed E-state index contributed by atoms with van der Waals surface area (Å²) in [5.41, 5.74) is 2.50. The number of nitrogens with zero attached hydrogens (tertiary/aromatic N) is 1. The van der Waals surface area contributed by atoms with Gasteiger partial charge >= 0.3 is 0 Å². The molecule has 1 fully saturated rings. The summed E-state index contributed by atoms with van der Waals surface area (Å²) in [5.74, 6) is -0.685. The Kier molecular flexibility index (Phi) is 4.83. The lowest BCUT2D eigenvalue weighted by Crippen LogP contribution is -2.33. The molecule has 0 spiro atoms. The van der Waals surface area contributed by atoms with Gasteiger partial charge in [0.2, 0.25) is 5.91 Å². The van der Waals surface area contributed by atoms with Crippen molar-refractivity contribution in [2.45, 2.75) is 32.5 Å². The number of carbonyl (C=O) groups excluding carboxylic acids is 2. The summed E-state index contributed by atoms with van der Waals surface area (Å²) in [6.45, 7) is 2.02. The zero-order valence-electron chi connectivity index (χ0n) is 10.5. The molecule has 0 bridgehead atoms. The van der Waals surface area contributed by atoms with Gasteiger partial charge in [0.05, 0.1) is 0 Å². The van der Waals surface area contributed by atoms with Crippen molar-refractivity contribution < 1.29 is 19.2 Å². The first-order valence-electron chi connectivity index (χ1n) is 5.96. The third-order valence-corrected chi connectivity index (χ3v) is 3.20. The first-order valence-corrected chi connectivity index (χ1v) is 6.84. The van der Waals surface area contributed by atoms with E-state index in [0.717, 1.165) is 19.3 Å². The van der Waals surface area contributed by atoms with Crippen LogP contribution in [0.5, 0.6) is 0 Å². The average molecular weight is 285 g/mol. The van der Waals surface area contributed by atoms with E-state index in [4.69, 9.17) is 9.57 Å². The van der Waals surface area contributed by atoms with Crippen molar-refractivity contribution in [1.29, 1.82) is 0 Å². The van der Waals surface area contributed by atoms with Gasteiger partial charge < -0.3 is 10.1 Å². The van der Waals surface area contributed by atoms with Crippen LogP contribution in [-0.2, 0) is 14.4 Å². The van der Waals surface area contributed by atoms with Crippen LogP contribution in [0.1, 0.15) is 36.7 Å². The number of hydroxylamine groups is 1. The maximum atomic E-state index is 11.7. The molecule has 0 radical (unpaired) electrons. The Morgan fingerprint density at radius 3 is 3.05 bits per heavy atom. The van der Waals surface area contributed by atoms with Crippen LogP contribution in [0.25, 0.3) is 0 Å². The van der Waals surface area contributed by atoms with E-state index in [1.807, 2.05) is 0 Å². The Balaban J connectivity index is 1.81. The number of amides is 2. The molecule has 2 N–H and O–H groups in total. The lowest BCUT2D eigenvalue weighted by molar-refractivity contribution is -0.186. The van der Waals surface area contributed by atoms with Crippen molar-refractivity contribution in [3.8, 4) is 0 Å². The molecule has 104 valence electrons. The summed E-state index contributed by atoms with van der Waals surface area (Å²) in [4.78, 5) is 31.7. The lowest BCUT2D eigenvalue weighted by Gasteiger charge is -2.21. The van der Waals surface area contributed by atoms with Gasteiger partial charge in [-0.25, -0.2) is 15.3 Å². The second kappa shape index (κ2) is 6.60. The summed E-state index contributed by atoms with van der Waals surface area (Å²) < 4.78 is 5.31. The van der Waals surface area contributed by atoms with Crippen molar-refractivity contribution >= 4 is 28.3 Å². The van der Waals surface area contributed by atoms with E-state index in [0.29, 0.717) is 11.7 Å². The van der Waals surface area contributed by atoms with Crippen LogP contribution < -0.4 is 10.8 Å². The predicted molar refractivity (Wildman–Crippen MR) is 68.6 cm³/mol. The minimum absolute atomic E-state index is 0.199. The molecule has 1 saturated heterocycles. The Hall–Kier alpha value is -1.51. The Morgan fingerprint density at radius 2 is 2.37 bits per heavy atom. The molecule has 0 aromatic carbocycles. The molecule has 0 saturated carbocycles. The molecule has 8 heteroatoms. The fraction of sp³-hybridized carbons (Fsp3) is 0.545. The minimum Gasteiger partial charge on any atom is -0.350 e. The Labute approximate surface area is 114 Å². The highest BCUT2D eigenvalue weighted by molar-refractivity contribution is 7.14. The van der Waals surface area contributed by atoms with Crippen LogP contribution in [0.4, 0.5) is 5.13 Å². The highest BCUT2D eigenvalue weighted by atomic mass is 32.1. The smallest absolute Gasteiger partial charge is 0.294 e. The van der Waals surface area contributed by atoms with Gasteiger partial charge in [0.1, 0.15) is 5.69 Å². The number of hydrogen-bond acceptors (Lipinski definition) is 6. The number of aromatic nitrogens is 1. The van der Waals surface area contributed by atoms with Crippen molar-refractivity contribution in [1.82, 2.24) is 10.5 Å². The van der Waals surface area contributed by atoms with Gasteiger partial charge in [-0.05, 0) is 12.8 Å². The molecule has 1 unspecified atom stereocenters. The zero-order valence-corrected chi connectivity index (χ0v) is 11.3. The first kappa shape index (κ1) is 13.9. The van der Waals surface area contributed by atoms with Crippen molar-refractivity contribution in [2.75, 3.05) is 11.9 Å². The van der Waals surface area contributed by atoms with Crippen molar-refractivity contribution in [2.24, 2.45) is 0 Å². The molecule has 1 aliphatic heterocycles. The molecular weight excluding hydrogens is 270 g/mol. The normalized spacial score (nSPS) is 18.9. The topological polar surface area (TPSA) is 89.6 Å². The van der Waals surface area contributed by atoms with E-state index in [1.54, 1.807) is 5.38 Å². The van der Waals surface area contributed by atoms with Crippen LogP contribution in [-0.4, -0.2) is 29.7 Å². The lowest BCUT2D eigenvalue weighted by atomic mass is 10.2. The second-order valence-electron chi connectivity index (χ2n) is 4.06. The van der Waals surface area contributed by atoms with Crippen LogP contribution >= 0.6 is 11.3 Å². The average Bonchev–Trinajstić information content (AvgIpc) is 2.85. The third kappa shape index (κ3) is 4.27. The van der Waals surface area contributed by atoms with Gasteiger partial charge in [0.15, 0.2) is 11.4 Å². The number of rotatable bonds is 4. The number of ether oxygens (including phenoxy) is 1. The van der Waals surface area contributed by atoms with E-state index < -0.39 is 12.2 Å². The van der Waals surface area contributed by atoms with Crippen molar-refractivity contribution in [3.63, 3.8) is 0 Å². The van der Waals surface area contributed by atoms with Crippen LogP contribution in [0.15, 0.2) is 5.38 Å². The molecule has 1 atom stereocenters. The molecule has 2 rings (SSSR count). The number of anilines is 1. The maximum absolute atomic E-state index is 11.7. The molecule has 0 aliphatic carbocycles. The standard InChI is InChI=1S/C11H15N3O4S/c1-7(15)12-11-13-8(6-19-11)10(16)14-18-9-4-2-3-5-17-9/h6,9H,2-5H2,1H3,(H,14,16)(H,12,13,15). The molecule has 1 aromatic heterocycles. The largest absolute Gasteiger partial charge is 0.350 e. The third-order valence-electron chi connectivity index (χ3n) is 2.44. The number of thiazole rings is 1. The van der Waals surface area contributed by atoms with E-state index >= 15 is 0 Å². The molecular formula is C11H15N3O4S. The highest BCUT2D eigenvalue weighted by Crippen LogP contribution is 2.16. The minimum atomic E-state index is -0.456. The first-order chi connectivity index (χ1) is 9.15. The highest BCUT2D eigenvalue weighted by Gasteiger charge is 2.17. The van der Waals surface area contributed by atoms with E-state index in [2.05, 4.69) is 15.8 Å². The SMILES string of the molecule is CC(=O)Nc1nc(C(=O)NOC2CCCCO2)cs1. The summed E-state index contributed by atoms with van der Waals surface area (Å²) in [6, 6.07) is 0. The molecule has 1 aliphatic rings. The molecule has 7 nitrogen and oxygen atoms in total. The van der Waals surface area contributed by atoms with E-state index in [-0.39, 0.29) is 11.6 Å². The summed E-state index contributed by atoms with van der Waals surface area (Å²) in [7, 11) is 0. The van der Waals surface area contributed by atoms with E-state index in [9.17, 15) is 9.59 Å². The zero-order chi connectivity index (χ0) is 13.7. The number of carbonyl (C=O) groups is 2. The van der Waals surface area contributed by atoms with Gasteiger partial charge in [0.25, 0.3) is 5.91 Å². The molecule has 1 aromatic rings. The van der Waals surface area contributed by atoms with Gasteiger partial charge in [-0.3, -0.25) is 9.59 Å². The Morgan fingerprint density at radius 1 is 1.53 bits per heavy atom. The molecule has 19 heavy (non-hydrogen) atoms. The van der Waals surface area contributed by atoms with Gasteiger partial charge in [0, 0.05) is 25.3 Å². The van der Waals surface area contributed by atoms with Gasteiger partial charge in [-0.1, -0.05) is 0 Å². The number of nitrogens with one attached hydrogen (secondary N) is 2. The summed E-state index contributed by atoms with van der Waals surface area (Å²) in [5, 5.41) is 4.44.